The number of phosphoric acid groups is 4. The van der Waals surface area contributed by atoms with Crippen molar-refractivity contribution in [1.82, 2.24) is 57.8 Å². The van der Waals surface area contributed by atoms with Crippen LogP contribution in [0, 0.1) is 5.92 Å². The van der Waals surface area contributed by atoms with Crippen LogP contribution in [-0.4, -0.2) is 200 Å². The third kappa shape index (κ3) is 29.6. The third-order valence-corrected chi connectivity index (χ3v) is 13.0. The predicted octanol–water partition coefficient (Wildman–Crippen LogP) is -6.91. The number of amides is 9. The molecule has 0 fully saturated rings. The molecule has 0 radical (unpaired) electrons. The maximum Gasteiger partial charge on any atom is 0.469 e. The smallest absolute Gasteiger partial charge is 0.348 e. The molecule has 1 heterocycles. The van der Waals surface area contributed by atoms with Gasteiger partial charge in [-0.15, -0.1) is 0 Å². The number of nitrogens with two attached hydrogens (primary N) is 1. The van der Waals surface area contributed by atoms with Crippen LogP contribution in [0.15, 0.2) is 12.5 Å². The Morgan fingerprint density at radius 1 is 0.556 bits per heavy atom. The van der Waals surface area contributed by atoms with Gasteiger partial charge < -0.3 is 103 Å². The first kappa shape index (κ1) is 73.9. The van der Waals surface area contributed by atoms with Gasteiger partial charge in [-0.3, -0.25) is 61.2 Å². The largest absolute Gasteiger partial charge is 0.469 e. The molecule has 1 aromatic heterocycles. The zero-order valence-corrected chi connectivity index (χ0v) is 48.4. The molecule has 12 atom stereocenters. The lowest BCUT2D eigenvalue weighted by Gasteiger charge is -2.30. The summed E-state index contributed by atoms with van der Waals surface area (Å²) in [5.74, 6) is -11.9. The molecule has 0 spiro atoms. The summed E-state index contributed by atoms with van der Waals surface area (Å²) < 4.78 is 64.4. The molecule has 0 saturated heterocycles. The Bertz CT molecular complexity index is 2550. The Morgan fingerprint density at radius 3 is 1.37 bits per heavy atom. The van der Waals surface area contributed by atoms with E-state index in [0.29, 0.717) is 6.29 Å². The number of thiol groups is 1. The van der Waals surface area contributed by atoms with Crippen molar-refractivity contribution >= 4 is 103 Å². The first-order valence-electron chi connectivity index (χ1n) is 23.5. The second-order valence-corrected chi connectivity index (χ2v) is 23.2. The minimum atomic E-state index is -5.53. The molecule has 0 aliphatic rings. The van der Waals surface area contributed by atoms with E-state index >= 15 is 0 Å². The first-order chi connectivity index (χ1) is 37.1. The lowest BCUT2D eigenvalue weighted by Crippen LogP contribution is -2.63. The third-order valence-electron chi connectivity index (χ3n) is 10.4. The predicted molar refractivity (Wildman–Crippen MR) is 275 cm³/mol. The van der Waals surface area contributed by atoms with E-state index < -0.39 is 176 Å². The molecular formula is C38H68N12O26P4S. The van der Waals surface area contributed by atoms with E-state index in [9.17, 15) is 95.6 Å². The van der Waals surface area contributed by atoms with Gasteiger partial charge in [-0.2, -0.15) is 12.6 Å². The normalized spacial score (nSPS) is 16.6. The molecule has 0 unspecified atom stereocenters. The number of imidazole rings is 1. The molecule has 0 aromatic carbocycles. The van der Waals surface area contributed by atoms with Crippen molar-refractivity contribution in [3.05, 3.63) is 18.2 Å². The van der Waals surface area contributed by atoms with Crippen LogP contribution in [0.25, 0.3) is 0 Å². The SMILES string of the molecule is CC(C)C[C@H](NC(=O)[C@H](C)NC(=O)[C@H](C)NC(=O)[C@@H](N)COP(=O)(O)O)C(=O)N[C@H](C(=O)N[C@@H](C)C(=O)N[C@@H](COP(=O)(O)O)C(=O)N[C@H](C(=O)N[C@@H](Cc1cnc[nH]1)C(=O)N[C@H](C=O)CS)[C@@H](C)OP(=O)(O)O)[C@@H](C)OP(=O)(O)O. The molecule has 81 heavy (non-hydrogen) atoms. The number of hydrogen-bond acceptors (Lipinski definition) is 21. The fraction of sp³-hybridized carbons (Fsp3) is 0.658. The van der Waals surface area contributed by atoms with Crippen molar-refractivity contribution in [2.75, 3.05) is 19.0 Å². The minimum absolute atomic E-state index is 0.204. The zero-order valence-electron chi connectivity index (χ0n) is 44.0. The number of aromatic nitrogens is 2. The Kier molecular flexibility index (Phi) is 30.3. The number of aldehydes is 1. The molecule has 9 amide bonds. The van der Waals surface area contributed by atoms with Crippen LogP contribution < -0.4 is 53.6 Å². The van der Waals surface area contributed by atoms with Crippen molar-refractivity contribution in [1.29, 1.82) is 0 Å². The highest BCUT2D eigenvalue weighted by atomic mass is 32.1. The van der Waals surface area contributed by atoms with E-state index in [-0.39, 0.29) is 24.3 Å². The summed E-state index contributed by atoms with van der Waals surface area (Å²) >= 11 is 3.95. The number of carbonyl (C=O) groups is 10. The van der Waals surface area contributed by atoms with Crippen LogP contribution in [0.3, 0.4) is 0 Å². The summed E-state index contributed by atoms with van der Waals surface area (Å²) in [6, 6.07) is -17.7. The second kappa shape index (κ2) is 33.2. The van der Waals surface area contributed by atoms with Crippen LogP contribution in [0.4, 0.5) is 0 Å². The topological polar surface area (TPSA) is 601 Å². The molecule has 462 valence electrons. The maximum absolute atomic E-state index is 13.9. The van der Waals surface area contributed by atoms with Crippen LogP contribution in [0.1, 0.15) is 60.6 Å². The van der Waals surface area contributed by atoms with Gasteiger partial charge in [-0.25, -0.2) is 23.2 Å². The second-order valence-electron chi connectivity index (χ2n) is 18.0. The van der Waals surface area contributed by atoms with Crippen LogP contribution in [0.5, 0.6) is 0 Å². The highest BCUT2D eigenvalue weighted by Gasteiger charge is 2.40. The molecule has 0 bridgehead atoms. The number of hydrogen-bond donors (Lipinski definition) is 20. The summed E-state index contributed by atoms with van der Waals surface area (Å²) in [4.78, 5) is 214. The van der Waals surface area contributed by atoms with E-state index in [1.165, 1.54) is 12.5 Å². The van der Waals surface area contributed by atoms with Gasteiger partial charge in [0.1, 0.15) is 60.7 Å². The number of rotatable bonds is 36. The maximum atomic E-state index is 13.9. The summed E-state index contributed by atoms with van der Waals surface area (Å²) in [5, 5.41) is 19.4. The van der Waals surface area contributed by atoms with Gasteiger partial charge >= 0.3 is 31.3 Å². The lowest BCUT2D eigenvalue weighted by molar-refractivity contribution is -0.137. The van der Waals surface area contributed by atoms with Crippen molar-refractivity contribution in [2.45, 2.75) is 134 Å². The summed E-state index contributed by atoms with van der Waals surface area (Å²) in [6.07, 6.45) is -1.87. The van der Waals surface area contributed by atoms with Crippen molar-refractivity contribution in [3.63, 3.8) is 0 Å². The molecule has 0 aliphatic heterocycles. The van der Waals surface area contributed by atoms with Crippen LogP contribution >= 0.6 is 43.9 Å². The van der Waals surface area contributed by atoms with Crippen molar-refractivity contribution in [2.24, 2.45) is 11.7 Å². The van der Waals surface area contributed by atoms with Crippen LogP contribution in [0.2, 0.25) is 0 Å². The summed E-state index contributed by atoms with van der Waals surface area (Å²) in [5.41, 5.74) is 5.74. The minimum Gasteiger partial charge on any atom is -0.348 e. The molecule has 0 saturated carbocycles. The highest BCUT2D eigenvalue weighted by molar-refractivity contribution is 7.80. The fourth-order valence-electron chi connectivity index (χ4n) is 6.41. The number of phosphoric ester groups is 4. The van der Waals surface area contributed by atoms with Crippen LogP contribution in [-0.2, 0) is 90.7 Å². The van der Waals surface area contributed by atoms with Crippen molar-refractivity contribution < 1.29 is 123 Å². The van der Waals surface area contributed by atoms with Gasteiger partial charge in [0.05, 0.1) is 37.8 Å². The number of H-pyrrole nitrogens is 1. The molecule has 43 heteroatoms. The fourth-order valence-corrected chi connectivity index (χ4v) is 8.40. The number of nitrogens with zero attached hydrogens (tertiary/aromatic N) is 1. The van der Waals surface area contributed by atoms with Gasteiger partial charge in [-0.05, 0) is 47.0 Å². The van der Waals surface area contributed by atoms with Gasteiger partial charge in [0.2, 0.25) is 53.2 Å². The Labute approximate surface area is 466 Å². The van der Waals surface area contributed by atoms with Gasteiger partial charge in [0.15, 0.2) is 0 Å². The average Bonchev–Trinajstić information content (AvgIpc) is 3.84. The molecule has 0 aliphatic carbocycles. The highest BCUT2D eigenvalue weighted by Crippen LogP contribution is 2.39. The van der Waals surface area contributed by atoms with Gasteiger partial charge in [0, 0.05) is 24.1 Å². The number of aromatic amines is 1. The van der Waals surface area contributed by atoms with E-state index in [1.807, 2.05) is 10.6 Å². The van der Waals surface area contributed by atoms with E-state index in [1.54, 1.807) is 13.8 Å². The summed E-state index contributed by atoms with van der Waals surface area (Å²) in [6.45, 7) is 5.74. The molecular weight excluding hydrogens is 1200 g/mol. The Hall–Kier alpha value is -5.14. The average molecular weight is 1260 g/mol. The Balaban J connectivity index is 3.50. The molecule has 1 aromatic rings. The molecule has 38 nitrogen and oxygen atoms in total. The van der Waals surface area contributed by atoms with E-state index in [0.717, 1.165) is 34.6 Å². The van der Waals surface area contributed by atoms with Gasteiger partial charge in [0.25, 0.3) is 0 Å². The van der Waals surface area contributed by atoms with Gasteiger partial charge in [-0.1, -0.05) is 13.8 Å². The van der Waals surface area contributed by atoms with Crippen molar-refractivity contribution in [3.8, 4) is 0 Å². The van der Waals surface area contributed by atoms with E-state index in [4.69, 9.17) is 15.5 Å². The number of carbonyl (C=O) groups excluding carboxylic acids is 10. The number of nitrogens with one attached hydrogen (secondary N) is 10. The quantitative estimate of drug-likeness (QED) is 0.0169. The van der Waals surface area contributed by atoms with E-state index in [2.05, 4.69) is 77.9 Å². The summed E-state index contributed by atoms with van der Waals surface area (Å²) in [7, 11) is -21.6. The Morgan fingerprint density at radius 2 is 0.951 bits per heavy atom. The monoisotopic (exact) mass is 1260 g/mol. The molecule has 20 N–H and O–H groups in total. The lowest BCUT2D eigenvalue weighted by atomic mass is 10.0. The zero-order chi connectivity index (χ0) is 62.5. The standard InChI is InChI=1S/C38H68N12O26P4S/c1-16(2)8-25(46-31(53)18(4)42-30(52)17(3)43-33(55)24(39)12-73-77(61,62)63)35(57)49-28(20(6)75-79(67,68)69)37(59)44-19(5)32(54)48-27(13-74-78(64,65)66)36(58)50-29(21(7)76-80(70,71)72)38(60)47-26(9-22-10-40-15-41-22)34(56)45-23(11-51)14-81/h10-11,15-21,23-29,81H,8-9,12-14,39H2,1-7H3,(H,40,41)(H,42,52)(H,43,55)(H,44,59)(H,45,56)(H,46,53)(H,47,60)(H,48,54)(H,49,57)(H,50,58)(H2,61,62,63)(H2,64,65,66)(H2,67,68,69)(H2,70,71,72)/t17-,18-,19-,20+,21+,23+,24-,25-,26-,27-,28-,29-/m0/s1. The molecule has 1 rings (SSSR count). The first-order valence-corrected chi connectivity index (χ1v) is 30.2.